The average molecular weight is 433 g/mol. The Labute approximate surface area is 180 Å². The highest BCUT2D eigenvalue weighted by atomic mass is 32.2. The second-order valence-electron chi connectivity index (χ2n) is 6.41. The number of sulfonamides is 1. The third kappa shape index (κ3) is 6.60. The maximum atomic E-state index is 12.6. The highest BCUT2D eigenvalue weighted by molar-refractivity contribution is 7.89. The molecular formula is C23H19N3O4S. The third-order valence-electron chi connectivity index (χ3n) is 4.09. The molecule has 0 aliphatic carbocycles. The summed E-state index contributed by atoms with van der Waals surface area (Å²) in [4.78, 5) is 11.4. The zero-order chi connectivity index (χ0) is 22.1. The molecule has 3 aromatic carbocycles. The van der Waals surface area contributed by atoms with E-state index in [9.17, 15) is 18.3 Å². The molecule has 0 saturated heterocycles. The van der Waals surface area contributed by atoms with Crippen LogP contribution in [0.1, 0.15) is 5.56 Å². The molecule has 0 aromatic heterocycles. The minimum Gasteiger partial charge on any atom is -0.479 e. The lowest BCUT2D eigenvalue weighted by molar-refractivity contribution is -0.137. The number of carboxylic acids is 1. The summed E-state index contributed by atoms with van der Waals surface area (Å²) in [5.74, 6) is 3.81. The number of hydrogen-bond acceptors (Lipinski definition) is 5. The molecule has 2 N–H and O–H groups in total. The Bertz CT molecular complexity index is 1210. The van der Waals surface area contributed by atoms with Gasteiger partial charge in [0.15, 0.2) is 6.04 Å². The standard InChI is InChI=1S/C23H19N3O4S/c27-23(28)22(13-7-10-18-8-3-1-4-9-18)26-31(29,30)21-16-14-20(15-17-21)25-24-19-11-5-2-6-12-19/h1-6,8-9,11-12,14-17,22,26H,10H2,(H,27,28). The van der Waals surface area contributed by atoms with Crippen LogP contribution in [-0.2, 0) is 21.2 Å². The quantitative estimate of drug-likeness (QED) is 0.432. The predicted molar refractivity (Wildman–Crippen MR) is 117 cm³/mol. The average Bonchev–Trinajstić information content (AvgIpc) is 2.78. The van der Waals surface area contributed by atoms with Crippen molar-refractivity contribution in [2.24, 2.45) is 10.2 Å². The minimum absolute atomic E-state index is 0.0951. The topological polar surface area (TPSA) is 108 Å². The van der Waals surface area contributed by atoms with Gasteiger partial charge in [0.2, 0.25) is 10.0 Å². The van der Waals surface area contributed by atoms with Gasteiger partial charge in [-0.05, 0) is 42.0 Å². The van der Waals surface area contributed by atoms with Crippen molar-refractivity contribution < 1.29 is 18.3 Å². The van der Waals surface area contributed by atoms with Crippen molar-refractivity contribution in [1.29, 1.82) is 0 Å². The number of nitrogens with zero attached hydrogens (tertiary/aromatic N) is 2. The van der Waals surface area contributed by atoms with E-state index in [0.717, 1.165) is 5.56 Å². The first-order valence-electron chi connectivity index (χ1n) is 9.28. The largest absolute Gasteiger partial charge is 0.479 e. The molecule has 3 rings (SSSR count). The second kappa shape index (κ2) is 10.3. The number of carbonyl (C=O) groups is 1. The van der Waals surface area contributed by atoms with Gasteiger partial charge in [0.1, 0.15) is 0 Å². The lowest BCUT2D eigenvalue weighted by Gasteiger charge is -2.10. The fraction of sp³-hybridized carbons (Fsp3) is 0.0870. The van der Waals surface area contributed by atoms with Gasteiger partial charge < -0.3 is 5.11 Å². The van der Waals surface area contributed by atoms with Gasteiger partial charge in [-0.3, -0.25) is 0 Å². The van der Waals surface area contributed by atoms with E-state index in [1.807, 2.05) is 48.5 Å². The highest BCUT2D eigenvalue weighted by Gasteiger charge is 2.23. The Morgan fingerprint density at radius 1 is 0.871 bits per heavy atom. The molecule has 156 valence electrons. The molecule has 0 spiro atoms. The van der Waals surface area contributed by atoms with E-state index in [-0.39, 0.29) is 4.90 Å². The van der Waals surface area contributed by atoms with Crippen molar-refractivity contribution in [3.05, 3.63) is 90.5 Å². The molecule has 0 heterocycles. The maximum Gasteiger partial charge on any atom is 0.334 e. The van der Waals surface area contributed by atoms with Crippen LogP contribution in [0.2, 0.25) is 0 Å². The summed E-state index contributed by atoms with van der Waals surface area (Å²) in [5.41, 5.74) is 2.03. The van der Waals surface area contributed by atoms with Crippen LogP contribution in [0.15, 0.2) is 100 Å². The molecule has 0 radical (unpaired) electrons. The SMILES string of the molecule is O=C(O)C(C#CCc1ccccc1)NS(=O)(=O)c1ccc(N=Nc2ccccc2)cc1. The van der Waals surface area contributed by atoms with Crippen molar-refractivity contribution in [2.45, 2.75) is 17.4 Å². The number of carboxylic acid groups (broad SMARTS) is 1. The first kappa shape index (κ1) is 21.9. The van der Waals surface area contributed by atoms with Crippen molar-refractivity contribution in [3.63, 3.8) is 0 Å². The first-order valence-corrected chi connectivity index (χ1v) is 10.8. The monoisotopic (exact) mass is 433 g/mol. The van der Waals surface area contributed by atoms with Gasteiger partial charge in [-0.15, -0.1) is 0 Å². The summed E-state index contributed by atoms with van der Waals surface area (Å²) < 4.78 is 27.3. The number of nitrogens with one attached hydrogen (secondary N) is 1. The van der Waals surface area contributed by atoms with Crippen molar-refractivity contribution in [2.75, 3.05) is 0 Å². The summed E-state index contributed by atoms with van der Waals surface area (Å²) in [7, 11) is -4.09. The van der Waals surface area contributed by atoms with E-state index in [1.54, 1.807) is 12.1 Å². The van der Waals surface area contributed by atoms with Gasteiger partial charge in [0.25, 0.3) is 0 Å². The normalized spacial score (nSPS) is 12.1. The van der Waals surface area contributed by atoms with Gasteiger partial charge in [-0.2, -0.15) is 15.0 Å². The Balaban J connectivity index is 1.69. The summed E-state index contributed by atoms with van der Waals surface area (Å²) in [6.45, 7) is 0. The molecule has 0 saturated carbocycles. The van der Waals surface area contributed by atoms with Gasteiger partial charge in [-0.1, -0.05) is 60.4 Å². The van der Waals surface area contributed by atoms with Crippen molar-refractivity contribution in [1.82, 2.24) is 4.72 Å². The van der Waals surface area contributed by atoms with Crippen LogP contribution in [0, 0.1) is 11.8 Å². The summed E-state index contributed by atoms with van der Waals surface area (Å²) in [6.07, 6.45) is 0.313. The van der Waals surface area contributed by atoms with E-state index < -0.39 is 22.0 Å². The molecule has 1 atom stereocenters. The Morgan fingerprint density at radius 2 is 1.42 bits per heavy atom. The van der Waals surface area contributed by atoms with Crippen LogP contribution in [0.4, 0.5) is 11.4 Å². The molecule has 0 amide bonds. The van der Waals surface area contributed by atoms with Crippen LogP contribution in [0.25, 0.3) is 0 Å². The van der Waals surface area contributed by atoms with E-state index in [2.05, 4.69) is 26.8 Å². The molecule has 0 aliphatic rings. The molecule has 3 aromatic rings. The van der Waals surface area contributed by atoms with Gasteiger partial charge in [0.05, 0.1) is 16.3 Å². The third-order valence-corrected chi connectivity index (χ3v) is 5.52. The Hall–Kier alpha value is -3.80. The lowest BCUT2D eigenvalue weighted by atomic mass is 10.1. The fourth-order valence-corrected chi connectivity index (χ4v) is 3.62. The number of benzene rings is 3. The van der Waals surface area contributed by atoms with Crippen LogP contribution in [0.5, 0.6) is 0 Å². The zero-order valence-electron chi connectivity index (χ0n) is 16.3. The molecule has 31 heavy (non-hydrogen) atoms. The van der Waals surface area contributed by atoms with Crippen molar-refractivity contribution in [3.8, 4) is 11.8 Å². The molecule has 0 aliphatic heterocycles. The summed E-state index contributed by atoms with van der Waals surface area (Å²) in [5, 5.41) is 17.5. The molecule has 0 fully saturated rings. The van der Waals surface area contributed by atoms with Gasteiger partial charge in [0, 0.05) is 6.42 Å². The molecule has 7 nitrogen and oxygen atoms in total. The number of azo groups is 1. The van der Waals surface area contributed by atoms with Crippen LogP contribution >= 0.6 is 0 Å². The summed E-state index contributed by atoms with van der Waals surface area (Å²) in [6, 6.07) is 22.4. The first-order chi connectivity index (χ1) is 14.9. The molecule has 0 bridgehead atoms. The number of aliphatic carboxylic acids is 1. The second-order valence-corrected chi connectivity index (χ2v) is 8.12. The van der Waals surface area contributed by atoms with E-state index in [4.69, 9.17) is 0 Å². The maximum absolute atomic E-state index is 12.6. The smallest absolute Gasteiger partial charge is 0.334 e. The molecule has 8 heteroatoms. The molecule has 1 unspecified atom stereocenters. The van der Waals surface area contributed by atoms with E-state index >= 15 is 0 Å². The Morgan fingerprint density at radius 3 is 2.00 bits per heavy atom. The van der Waals surface area contributed by atoms with E-state index in [1.165, 1.54) is 24.3 Å². The van der Waals surface area contributed by atoms with Crippen LogP contribution in [-0.4, -0.2) is 25.5 Å². The van der Waals surface area contributed by atoms with E-state index in [0.29, 0.717) is 17.8 Å². The van der Waals surface area contributed by atoms with Crippen molar-refractivity contribution >= 4 is 27.4 Å². The Kier molecular flexibility index (Phi) is 7.27. The van der Waals surface area contributed by atoms with Crippen LogP contribution < -0.4 is 4.72 Å². The van der Waals surface area contributed by atoms with Crippen LogP contribution in [0.3, 0.4) is 0 Å². The number of rotatable bonds is 7. The van der Waals surface area contributed by atoms with Gasteiger partial charge >= 0.3 is 5.97 Å². The zero-order valence-corrected chi connectivity index (χ0v) is 17.2. The molecular weight excluding hydrogens is 414 g/mol. The van der Waals surface area contributed by atoms with Gasteiger partial charge in [-0.25, -0.2) is 13.2 Å². The lowest BCUT2D eigenvalue weighted by Crippen LogP contribution is -2.39. The minimum atomic E-state index is -4.09. The predicted octanol–water partition coefficient (Wildman–Crippen LogP) is 4.08. The highest BCUT2D eigenvalue weighted by Crippen LogP contribution is 2.20. The number of hydrogen-bond donors (Lipinski definition) is 2. The summed E-state index contributed by atoms with van der Waals surface area (Å²) >= 11 is 0. The fourth-order valence-electron chi connectivity index (χ4n) is 2.52.